The molecule has 0 aliphatic carbocycles. The van der Waals surface area contributed by atoms with Gasteiger partial charge in [-0.25, -0.2) is 9.89 Å². The maximum Gasteiger partial charge on any atom is 0.364 e. The first kappa shape index (κ1) is 10.8. The number of piperidine rings is 1. The molecule has 1 fully saturated rings. The fraction of sp³-hybridized carbons (Fsp3) is 0.400. The summed E-state index contributed by atoms with van der Waals surface area (Å²) in [4.78, 5) is 13.5. The van der Waals surface area contributed by atoms with Crippen molar-refractivity contribution in [2.24, 2.45) is 5.16 Å². The highest BCUT2D eigenvalue weighted by atomic mass is 16.4. The number of aromatic nitrogens is 4. The molecule has 0 bridgehead atoms. The van der Waals surface area contributed by atoms with Crippen LogP contribution in [-0.4, -0.2) is 43.8 Å². The van der Waals surface area contributed by atoms with Gasteiger partial charge < -0.3 is 10.1 Å². The monoisotopic (exact) mass is 248 g/mol. The number of nitrogens with zero attached hydrogens (tertiary/aromatic N) is 5. The van der Waals surface area contributed by atoms with Crippen molar-refractivity contribution in [3.63, 3.8) is 0 Å². The summed E-state index contributed by atoms with van der Waals surface area (Å²) in [5, 5.41) is 22.3. The minimum atomic E-state index is -0.346. The van der Waals surface area contributed by atoms with Gasteiger partial charge >= 0.3 is 5.69 Å². The molecule has 94 valence electrons. The highest BCUT2D eigenvalue weighted by Gasteiger charge is 2.17. The molecule has 8 nitrogen and oxygen atoms in total. The standard InChI is InChI=1S/C10H12N6O2/c17-10-12-11-8-1-2-9(13-16(8)10)15-5-3-7(14-18)4-6-15/h1-2,18H,3-6H2,(H,12,17). The van der Waals surface area contributed by atoms with Crippen LogP contribution in [0.2, 0.25) is 0 Å². The van der Waals surface area contributed by atoms with Crippen molar-refractivity contribution in [3.8, 4) is 0 Å². The lowest BCUT2D eigenvalue weighted by Gasteiger charge is -2.27. The number of fused-ring (bicyclic) bond motifs is 1. The van der Waals surface area contributed by atoms with Crippen LogP contribution in [0.15, 0.2) is 22.1 Å². The van der Waals surface area contributed by atoms with Crippen molar-refractivity contribution in [1.29, 1.82) is 0 Å². The van der Waals surface area contributed by atoms with Gasteiger partial charge in [-0.05, 0) is 12.1 Å². The lowest BCUT2D eigenvalue weighted by atomic mass is 10.1. The third kappa shape index (κ3) is 1.71. The summed E-state index contributed by atoms with van der Waals surface area (Å²) in [5.74, 6) is 0.725. The largest absolute Gasteiger partial charge is 0.411 e. The van der Waals surface area contributed by atoms with Crippen LogP contribution in [0, 0.1) is 0 Å². The number of aromatic amines is 1. The summed E-state index contributed by atoms with van der Waals surface area (Å²) in [6.07, 6.45) is 1.41. The van der Waals surface area contributed by atoms with E-state index in [9.17, 15) is 4.79 Å². The second-order valence-corrected chi connectivity index (χ2v) is 4.14. The molecule has 0 radical (unpaired) electrons. The molecule has 2 N–H and O–H groups in total. The summed E-state index contributed by atoms with van der Waals surface area (Å²) in [6, 6.07) is 3.58. The Kier molecular flexibility index (Phi) is 2.47. The molecule has 0 amide bonds. The molecule has 1 aliphatic rings. The number of hydrogen-bond donors (Lipinski definition) is 2. The van der Waals surface area contributed by atoms with E-state index >= 15 is 0 Å². The zero-order chi connectivity index (χ0) is 12.5. The molecule has 1 aliphatic heterocycles. The fourth-order valence-corrected chi connectivity index (χ4v) is 2.06. The molecule has 0 unspecified atom stereocenters. The minimum absolute atomic E-state index is 0.346. The quantitative estimate of drug-likeness (QED) is 0.540. The second-order valence-electron chi connectivity index (χ2n) is 4.14. The lowest BCUT2D eigenvalue weighted by molar-refractivity contribution is 0.315. The van der Waals surface area contributed by atoms with E-state index in [2.05, 4.69) is 20.5 Å². The van der Waals surface area contributed by atoms with Crippen LogP contribution in [-0.2, 0) is 0 Å². The van der Waals surface area contributed by atoms with E-state index in [-0.39, 0.29) is 5.69 Å². The molecule has 1 saturated heterocycles. The highest BCUT2D eigenvalue weighted by molar-refractivity contribution is 5.86. The molecule has 3 rings (SSSR count). The average molecular weight is 248 g/mol. The first-order valence-corrected chi connectivity index (χ1v) is 5.67. The van der Waals surface area contributed by atoms with Crippen LogP contribution >= 0.6 is 0 Å². The summed E-state index contributed by atoms with van der Waals surface area (Å²) < 4.78 is 1.24. The first-order chi connectivity index (χ1) is 8.78. The topological polar surface area (TPSA) is 98.9 Å². The van der Waals surface area contributed by atoms with Crippen LogP contribution in [0.3, 0.4) is 0 Å². The first-order valence-electron chi connectivity index (χ1n) is 5.67. The van der Waals surface area contributed by atoms with Gasteiger partial charge in [0.25, 0.3) is 0 Å². The van der Waals surface area contributed by atoms with E-state index in [0.717, 1.165) is 24.6 Å². The molecule has 0 atom stereocenters. The minimum Gasteiger partial charge on any atom is -0.411 e. The third-order valence-electron chi connectivity index (χ3n) is 3.07. The van der Waals surface area contributed by atoms with Gasteiger partial charge in [0.05, 0.1) is 5.71 Å². The van der Waals surface area contributed by atoms with Gasteiger partial charge in [0.1, 0.15) is 5.82 Å². The Balaban J connectivity index is 1.90. The van der Waals surface area contributed by atoms with E-state index in [1.807, 2.05) is 11.0 Å². The van der Waals surface area contributed by atoms with Gasteiger partial charge in [-0.15, -0.1) is 5.10 Å². The molecule has 0 saturated carbocycles. The fourth-order valence-electron chi connectivity index (χ4n) is 2.06. The molecule has 18 heavy (non-hydrogen) atoms. The van der Waals surface area contributed by atoms with Gasteiger partial charge in [0.2, 0.25) is 0 Å². The van der Waals surface area contributed by atoms with E-state index in [1.54, 1.807) is 6.07 Å². The van der Waals surface area contributed by atoms with E-state index < -0.39 is 0 Å². The molecular weight excluding hydrogens is 236 g/mol. The van der Waals surface area contributed by atoms with Crippen molar-refractivity contribution in [3.05, 3.63) is 22.6 Å². The van der Waals surface area contributed by atoms with Gasteiger partial charge in [-0.3, -0.25) is 0 Å². The Morgan fingerprint density at radius 3 is 2.83 bits per heavy atom. The third-order valence-corrected chi connectivity index (χ3v) is 3.07. The van der Waals surface area contributed by atoms with Crippen molar-refractivity contribution in [1.82, 2.24) is 19.8 Å². The van der Waals surface area contributed by atoms with E-state index in [4.69, 9.17) is 5.21 Å². The van der Waals surface area contributed by atoms with Gasteiger partial charge in [-0.1, -0.05) is 5.16 Å². The molecule has 3 heterocycles. The summed E-state index contributed by atoms with van der Waals surface area (Å²) >= 11 is 0. The van der Waals surface area contributed by atoms with E-state index in [0.29, 0.717) is 18.5 Å². The van der Waals surface area contributed by atoms with Crippen LogP contribution < -0.4 is 10.6 Å². The zero-order valence-corrected chi connectivity index (χ0v) is 9.57. The molecule has 0 spiro atoms. The number of hydrogen-bond acceptors (Lipinski definition) is 6. The zero-order valence-electron chi connectivity index (χ0n) is 9.57. The van der Waals surface area contributed by atoms with Crippen LogP contribution in [0.25, 0.3) is 5.65 Å². The number of H-pyrrole nitrogens is 1. The van der Waals surface area contributed by atoms with Crippen molar-refractivity contribution < 1.29 is 5.21 Å². The second kappa shape index (κ2) is 4.13. The number of nitrogens with one attached hydrogen (secondary N) is 1. The smallest absolute Gasteiger partial charge is 0.364 e. The maximum atomic E-state index is 11.4. The Bertz CT molecular complexity index is 648. The predicted octanol–water partition coefficient (Wildman–Crippen LogP) is -0.152. The van der Waals surface area contributed by atoms with E-state index in [1.165, 1.54) is 4.52 Å². The SMILES string of the molecule is O=c1[nH]nc2ccc(N3CCC(=NO)CC3)nn12. The van der Waals surface area contributed by atoms with Crippen LogP contribution in [0.5, 0.6) is 0 Å². The molecule has 2 aromatic heterocycles. The Hall–Kier alpha value is -2.38. The Morgan fingerprint density at radius 1 is 1.33 bits per heavy atom. The van der Waals surface area contributed by atoms with Crippen LogP contribution in [0.1, 0.15) is 12.8 Å². The molecule has 0 aromatic carbocycles. The number of rotatable bonds is 1. The average Bonchev–Trinajstić information content (AvgIpc) is 2.80. The summed E-state index contributed by atoms with van der Waals surface area (Å²) in [6.45, 7) is 1.45. The van der Waals surface area contributed by atoms with Gasteiger partial charge in [-0.2, -0.15) is 9.61 Å². The molecule has 8 heteroatoms. The number of anilines is 1. The molecule has 2 aromatic rings. The van der Waals surface area contributed by atoms with Crippen LogP contribution in [0.4, 0.5) is 5.82 Å². The Morgan fingerprint density at radius 2 is 2.11 bits per heavy atom. The maximum absolute atomic E-state index is 11.4. The van der Waals surface area contributed by atoms with Gasteiger partial charge in [0.15, 0.2) is 5.65 Å². The summed E-state index contributed by atoms with van der Waals surface area (Å²) in [7, 11) is 0. The number of oxime groups is 1. The predicted molar refractivity (Wildman–Crippen MR) is 64.3 cm³/mol. The van der Waals surface area contributed by atoms with Crippen molar-refractivity contribution in [2.45, 2.75) is 12.8 Å². The lowest BCUT2D eigenvalue weighted by Crippen LogP contribution is -2.35. The molecular formula is C10H12N6O2. The normalized spacial score (nSPS) is 16.2. The summed E-state index contributed by atoms with van der Waals surface area (Å²) in [5.41, 5.74) is 0.952. The van der Waals surface area contributed by atoms with Gasteiger partial charge in [0, 0.05) is 25.9 Å². The van der Waals surface area contributed by atoms with Crippen molar-refractivity contribution in [2.75, 3.05) is 18.0 Å². The Labute approximate surface area is 102 Å². The van der Waals surface area contributed by atoms with Crippen molar-refractivity contribution >= 4 is 17.2 Å². The highest BCUT2D eigenvalue weighted by Crippen LogP contribution is 2.15.